The molecular weight excluding hydrogens is 312 g/mol. The highest BCUT2D eigenvalue weighted by molar-refractivity contribution is 5.85. The van der Waals surface area contributed by atoms with Gasteiger partial charge < -0.3 is 15.8 Å². The van der Waals surface area contributed by atoms with E-state index >= 15 is 0 Å². The molecule has 1 fully saturated rings. The molecule has 5 heteroatoms. The van der Waals surface area contributed by atoms with Gasteiger partial charge >= 0.3 is 0 Å². The fourth-order valence-corrected chi connectivity index (χ4v) is 2.91. The minimum absolute atomic E-state index is 0. The number of amides is 1. The summed E-state index contributed by atoms with van der Waals surface area (Å²) in [6.07, 6.45) is 7.42. The molecule has 1 aromatic rings. The maximum Gasteiger partial charge on any atom is 0.249 e. The Bertz CT molecular complexity index is 459. The number of halogens is 1. The summed E-state index contributed by atoms with van der Waals surface area (Å²) in [4.78, 5) is 12.2. The standard InChI is InChI=1S/C18H28N2O2.ClH/c1-2-17(22-16-6-4-3-5-7-16)18(21)20-13-12-14-8-10-15(19)11-9-14;/h8-11,16-17H,2-7,12-13,19H2,1H3,(H,20,21);1H. The highest BCUT2D eigenvalue weighted by Crippen LogP contribution is 2.22. The summed E-state index contributed by atoms with van der Waals surface area (Å²) in [7, 11) is 0. The molecule has 1 atom stereocenters. The average Bonchev–Trinajstić information content (AvgIpc) is 2.55. The number of benzene rings is 1. The van der Waals surface area contributed by atoms with E-state index in [1.54, 1.807) is 0 Å². The number of anilines is 1. The van der Waals surface area contributed by atoms with Crippen LogP contribution in [0.5, 0.6) is 0 Å². The van der Waals surface area contributed by atoms with Crippen LogP contribution >= 0.6 is 12.4 Å². The maximum atomic E-state index is 12.2. The molecule has 1 aliphatic rings. The lowest BCUT2D eigenvalue weighted by Crippen LogP contribution is -2.39. The van der Waals surface area contributed by atoms with E-state index in [0.717, 1.165) is 31.4 Å². The van der Waals surface area contributed by atoms with Crippen molar-refractivity contribution in [1.82, 2.24) is 5.32 Å². The van der Waals surface area contributed by atoms with Gasteiger partial charge in [-0.1, -0.05) is 38.3 Å². The zero-order chi connectivity index (χ0) is 15.8. The second-order valence-electron chi connectivity index (χ2n) is 6.08. The van der Waals surface area contributed by atoms with Crippen molar-refractivity contribution in [2.45, 2.75) is 64.1 Å². The number of carbonyl (C=O) groups excluding carboxylic acids is 1. The third-order valence-corrected chi connectivity index (χ3v) is 4.26. The van der Waals surface area contributed by atoms with Crippen LogP contribution in [0.15, 0.2) is 24.3 Å². The van der Waals surface area contributed by atoms with Gasteiger partial charge in [-0.25, -0.2) is 0 Å². The predicted octanol–water partition coefficient (Wildman–Crippen LogP) is 3.48. The Balaban J connectivity index is 0.00000264. The first-order valence-electron chi connectivity index (χ1n) is 8.46. The highest BCUT2D eigenvalue weighted by Gasteiger charge is 2.23. The molecular formula is C18H29ClN2O2. The number of hydrogen-bond donors (Lipinski definition) is 2. The van der Waals surface area contributed by atoms with Crippen LogP contribution in [0.1, 0.15) is 51.0 Å². The van der Waals surface area contributed by atoms with Gasteiger partial charge in [0, 0.05) is 12.2 Å². The van der Waals surface area contributed by atoms with Crippen molar-refractivity contribution in [2.75, 3.05) is 12.3 Å². The van der Waals surface area contributed by atoms with Crippen LogP contribution in [0.3, 0.4) is 0 Å². The summed E-state index contributed by atoms with van der Waals surface area (Å²) in [6.45, 7) is 2.64. The van der Waals surface area contributed by atoms with Gasteiger partial charge in [0.25, 0.3) is 0 Å². The first kappa shape index (κ1) is 19.8. The summed E-state index contributed by atoms with van der Waals surface area (Å²) >= 11 is 0. The molecule has 0 spiro atoms. The molecule has 0 saturated heterocycles. The topological polar surface area (TPSA) is 64.3 Å². The Hall–Kier alpha value is -1.26. The van der Waals surface area contributed by atoms with E-state index in [1.165, 1.54) is 24.8 Å². The Morgan fingerprint density at radius 1 is 1.26 bits per heavy atom. The van der Waals surface area contributed by atoms with E-state index in [-0.39, 0.29) is 30.5 Å². The van der Waals surface area contributed by atoms with Crippen LogP contribution in [0, 0.1) is 0 Å². The maximum absolute atomic E-state index is 12.2. The van der Waals surface area contributed by atoms with Gasteiger partial charge in [0.05, 0.1) is 6.10 Å². The van der Waals surface area contributed by atoms with Crippen LogP contribution < -0.4 is 11.1 Å². The minimum Gasteiger partial charge on any atom is -0.399 e. The molecule has 4 nitrogen and oxygen atoms in total. The van der Waals surface area contributed by atoms with Crippen molar-refractivity contribution in [2.24, 2.45) is 0 Å². The average molecular weight is 341 g/mol. The number of nitrogens with two attached hydrogens (primary N) is 1. The smallest absolute Gasteiger partial charge is 0.249 e. The Morgan fingerprint density at radius 2 is 1.91 bits per heavy atom. The van der Waals surface area contributed by atoms with Gasteiger partial charge in [-0.15, -0.1) is 12.4 Å². The molecule has 0 aromatic heterocycles. The molecule has 0 radical (unpaired) electrons. The molecule has 1 saturated carbocycles. The zero-order valence-corrected chi connectivity index (χ0v) is 14.7. The van der Waals surface area contributed by atoms with E-state index < -0.39 is 0 Å². The van der Waals surface area contributed by atoms with Gasteiger partial charge in [0.1, 0.15) is 6.10 Å². The zero-order valence-electron chi connectivity index (χ0n) is 13.9. The number of ether oxygens (including phenoxy) is 1. The van der Waals surface area contributed by atoms with Crippen molar-refractivity contribution in [1.29, 1.82) is 0 Å². The molecule has 1 aromatic carbocycles. The summed E-state index contributed by atoms with van der Waals surface area (Å²) in [5.41, 5.74) is 7.60. The SMILES string of the molecule is CCC(OC1CCCCC1)C(=O)NCCc1ccc(N)cc1.Cl. The van der Waals surface area contributed by atoms with Gasteiger partial charge in [0.2, 0.25) is 5.91 Å². The molecule has 0 aliphatic heterocycles. The highest BCUT2D eigenvalue weighted by atomic mass is 35.5. The lowest BCUT2D eigenvalue weighted by Gasteiger charge is -2.26. The first-order valence-corrected chi connectivity index (χ1v) is 8.46. The van der Waals surface area contributed by atoms with E-state index in [4.69, 9.17) is 10.5 Å². The van der Waals surface area contributed by atoms with Crippen LogP contribution in [0.25, 0.3) is 0 Å². The van der Waals surface area contributed by atoms with Gasteiger partial charge in [-0.3, -0.25) is 4.79 Å². The molecule has 1 aliphatic carbocycles. The van der Waals surface area contributed by atoms with Crippen molar-refractivity contribution in [3.63, 3.8) is 0 Å². The molecule has 1 unspecified atom stereocenters. The Labute approximate surface area is 145 Å². The van der Waals surface area contributed by atoms with Gasteiger partial charge in [-0.05, 0) is 43.4 Å². The predicted molar refractivity (Wildman–Crippen MR) is 96.9 cm³/mol. The van der Waals surface area contributed by atoms with Crippen LogP contribution in [0.4, 0.5) is 5.69 Å². The van der Waals surface area contributed by atoms with Crippen molar-refractivity contribution in [3.05, 3.63) is 29.8 Å². The first-order chi connectivity index (χ1) is 10.7. The van der Waals surface area contributed by atoms with Crippen LogP contribution in [-0.2, 0) is 16.0 Å². The molecule has 0 heterocycles. The summed E-state index contributed by atoms with van der Waals surface area (Å²) < 4.78 is 5.99. The molecule has 130 valence electrons. The molecule has 2 rings (SSSR count). The number of carbonyl (C=O) groups is 1. The van der Waals surface area contributed by atoms with E-state index in [2.05, 4.69) is 5.32 Å². The van der Waals surface area contributed by atoms with Crippen molar-refractivity contribution < 1.29 is 9.53 Å². The Morgan fingerprint density at radius 3 is 2.52 bits per heavy atom. The normalized spacial score (nSPS) is 16.4. The van der Waals surface area contributed by atoms with Gasteiger partial charge in [-0.2, -0.15) is 0 Å². The number of hydrogen-bond acceptors (Lipinski definition) is 3. The summed E-state index contributed by atoms with van der Waals surface area (Å²) in [5.74, 6) is 0.0171. The molecule has 23 heavy (non-hydrogen) atoms. The van der Waals surface area contributed by atoms with Gasteiger partial charge in [0.15, 0.2) is 0 Å². The van der Waals surface area contributed by atoms with E-state index in [1.807, 2.05) is 31.2 Å². The Kier molecular flexibility index (Phi) is 9.03. The third kappa shape index (κ3) is 6.80. The molecule has 3 N–H and O–H groups in total. The largest absolute Gasteiger partial charge is 0.399 e. The second-order valence-corrected chi connectivity index (χ2v) is 6.08. The molecule has 0 bridgehead atoms. The van der Waals surface area contributed by atoms with E-state index in [0.29, 0.717) is 6.54 Å². The summed E-state index contributed by atoms with van der Waals surface area (Å²) in [6, 6.07) is 7.77. The molecule has 1 amide bonds. The van der Waals surface area contributed by atoms with Crippen molar-refractivity contribution >= 4 is 24.0 Å². The fourth-order valence-electron chi connectivity index (χ4n) is 2.91. The lowest BCUT2D eigenvalue weighted by molar-refractivity contribution is -0.138. The monoisotopic (exact) mass is 340 g/mol. The lowest BCUT2D eigenvalue weighted by atomic mass is 9.97. The second kappa shape index (κ2) is 10.5. The third-order valence-electron chi connectivity index (χ3n) is 4.26. The number of nitrogen functional groups attached to an aromatic ring is 1. The quantitative estimate of drug-likeness (QED) is 0.747. The number of nitrogens with one attached hydrogen (secondary N) is 1. The fraction of sp³-hybridized carbons (Fsp3) is 0.611. The van der Waals surface area contributed by atoms with Crippen LogP contribution in [0.2, 0.25) is 0 Å². The number of rotatable bonds is 7. The van der Waals surface area contributed by atoms with E-state index in [9.17, 15) is 4.79 Å². The van der Waals surface area contributed by atoms with Crippen molar-refractivity contribution in [3.8, 4) is 0 Å². The van der Waals surface area contributed by atoms with Crippen LogP contribution in [-0.4, -0.2) is 24.7 Å². The summed E-state index contributed by atoms with van der Waals surface area (Å²) in [5, 5.41) is 2.99. The minimum atomic E-state index is -0.311.